The lowest BCUT2D eigenvalue weighted by Crippen LogP contribution is -2.00. The highest BCUT2D eigenvalue weighted by atomic mass is 35.5. The first kappa shape index (κ1) is 14.8. The summed E-state index contributed by atoms with van der Waals surface area (Å²) >= 11 is 12.3. The van der Waals surface area contributed by atoms with Crippen molar-refractivity contribution in [2.75, 3.05) is 0 Å². The van der Waals surface area contributed by atoms with Crippen LogP contribution >= 0.6 is 23.2 Å². The van der Waals surface area contributed by atoms with Gasteiger partial charge in [-0.15, -0.1) is 0 Å². The van der Waals surface area contributed by atoms with Crippen molar-refractivity contribution in [3.05, 3.63) is 65.0 Å². The third-order valence-corrected chi connectivity index (χ3v) is 3.92. The lowest BCUT2D eigenvalue weighted by Gasteiger charge is -2.10. The Morgan fingerprint density at radius 2 is 1.77 bits per heavy atom. The van der Waals surface area contributed by atoms with Gasteiger partial charge in [-0.3, -0.25) is 9.36 Å². The van der Waals surface area contributed by atoms with Gasteiger partial charge in [0.05, 0.1) is 5.69 Å². The van der Waals surface area contributed by atoms with Crippen LogP contribution in [-0.4, -0.2) is 15.5 Å². The largest absolute Gasteiger partial charge is 0.276 e. The Bertz CT molecular complexity index is 855. The second-order valence-electron chi connectivity index (χ2n) is 4.85. The second-order valence-corrected chi connectivity index (χ2v) is 5.70. The van der Waals surface area contributed by atoms with E-state index in [2.05, 4.69) is 4.98 Å². The highest BCUT2D eigenvalue weighted by Crippen LogP contribution is 2.36. The highest BCUT2D eigenvalue weighted by Gasteiger charge is 2.13. The van der Waals surface area contributed by atoms with E-state index in [1.165, 1.54) is 17.8 Å². The minimum Gasteiger partial charge on any atom is -0.276 e. The van der Waals surface area contributed by atoms with Gasteiger partial charge in [0.25, 0.3) is 0 Å². The third-order valence-electron chi connectivity index (χ3n) is 3.37. The standard InChI is InChI=1S/C17H12Cl2N2O/c1-11(22)21-9-17(20-10-21)15-5-3-2-4-13(15)14-7-6-12(18)8-16(14)19/h2-10H,1H3. The summed E-state index contributed by atoms with van der Waals surface area (Å²) in [6.07, 6.45) is 3.23. The molecule has 3 aromatic rings. The molecule has 0 spiro atoms. The molecule has 0 bridgehead atoms. The van der Waals surface area contributed by atoms with Crippen LogP contribution in [0.4, 0.5) is 0 Å². The zero-order chi connectivity index (χ0) is 15.7. The molecule has 0 unspecified atom stereocenters. The van der Waals surface area contributed by atoms with Gasteiger partial charge in [-0.2, -0.15) is 0 Å². The van der Waals surface area contributed by atoms with Crippen molar-refractivity contribution in [2.45, 2.75) is 6.92 Å². The maximum atomic E-state index is 11.4. The number of halogens is 2. The van der Waals surface area contributed by atoms with E-state index in [1.54, 1.807) is 18.3 Å². The summed E-state index contributed by atoms with van der Waals surface area (Å²) in [6, 6.07) is 13.2. The Balaban J connectivity index is 2.15. The summed E-state index contributed by atoms with van der Waals surface area (Å²) in [4.78, 5) is 15.7. The molecule has 0 aliphatic rings. The quantitative estimate of drug-likeness (QED) is 0.648. The molecule has 0 fully saturated rings. The smallest absolute Gasteiger partial charge is 0.228 e. The zero-order valence-corrected chi connectivity index (χ0v) is 13.3. The lowest BCUT2D eigenvalue weighted by molar-refractivity contribution is 0.0936. The molecule has 3 nitrogen and oxygen atoms in total. The highest BCUT2D eigenvalue weighted by molar-refractivity contribution is 6.36. The number of benzene rings is 2. The number of nitrogens with zero attached hydrogens (tertiary/aromatic N) is 2. The van der Waals surface area contributed by atoms with Gasteiger partial charge < -0.3 is 0 Å². The molecule has 110 valence electrons. The number of hydrogen-bond acceptors (Lipinski definition) is 2. The topological polar surface area (TPSA) is 34.9 Å². The summed E-state index contributed by atoms with van der Waals surface area (Å²) in [5.41, 5.74) is 3.44. The fraction of sp³-hybridized carbons (Fsp3) is 0.0588. The van der Waals surface area contributed by atoms with Gasteiger partial charge in [0.2, 0.25) is 5.91 Å². The second kappa shape index (κ2) is 5.95. The number of hydrogen-bond donors (Lipinski definition) is 0. The molecule has 1 heterocycles. The van der Waals surface area contributed by atoms with Crippen LogP contribution in [-0.2, 0) is 0 Å². The molecule has 0 atom stereocenters. The predicted molar refractivity (Wildman–Crippen MR) is 89.4 cm³/mol. The number of carbonyl (C=O) groups is 1. The molecule has 0 radical (unpaired) electrons. The number of carbonyl (C=O) groups excluding carboxylic acids is 1. The van der Waals surface area contributed by atoms with Crippen LogP contribution in [0.5, 0.6) is 0 Å². The Morgan fingerprint density at radius 1 is 1.05 bits per heavy atom. The predicted octanol–water partition coefficient (Wildman–Crippen LogP) is 5.18. The molecule has 0 aliphatic carbocycles. The van der Waals surface area contributed by atoms with E-state index in [9.17, 15) is 4.79 Å². The first-order valence-electron chi connectivity index (χ1n) is 6.66. The Hall–Kier alpha value is -2.10. The van der Waals surface area contributed by atoms with Gasteiger partial charge in [0, 0.05) is 34.3 Å². The minimum atomic E-state index is -0.0826. The molecule has 3 rings (SSSR count). The maximum Gasteiger partial charge on any atom is 0.228 e. The Labute approximate surface area is 138 Å². The summed E-state index contributed by atoms with van der Waals surface area (Å²) in [5, 5.41) is 1.16. The van der Waals surface area contributed by atoms with Gasteiger partial charge in [0.15, 0.2) is 0 Å². The van der Waals surface area contributed by atoms with Crippen molar-refractivity contribution < 1.29 is 4.79 Å². The maximum absolute atomic E-state index is 11.4. The first-order valence-corrected chi connectivity index (χ1v) is 7.41. The molecule has 0 saturated heterocycles. The van der Waals surface area contributed by atoms with Crippen molar-refractivity contribution in [1.82, 2.24) is 9.55 Å². The van der Waals surface area contributed by atoms with Gasteiger partial charge in [0.1, 0.15) is 6.33 Å². The van der Waals surface area contributed by atoms with Gasteiger partial charge in [-0.25, -0.2) is 4.98 Å². The van der Waals surface area contributed by atoms with Crippen molar-refractivity contribution in [1.29, 1.82) is 0 Å². The molecule has 5 heteroatoms. The van der Waals surface area contributed by atoms with Crippen LogP contribution in [0, 0.1) is 0 Å². The van der Waals surface area contributed by atoms with E-state index in [0.717, 1.165) is 22.4 Å². The number of imidazole rings is 1. The van der Waals surface area contributed by atoms with Crippen molar-refractivity contribution in [2.24, 2.45) is 0 Å². The van der Waals surface area contributed by atoms with E-state index in [4.69, 9.17) is 23.2 Å². The third kappa shape index (κ3) is 2.78. The molecule has 0 aliphatic heterocycles. The summed E-state index contributed by atoms with van der Waals surface area (Å²) in [7, 11) is 0. The molecular formula is C17H12Cl2N2O. The molecular weight excluding hydrogens is 319 g/mol. The van der Waals surface area contributed by atoms with Crippen LogP contribution in [0.25, 0.3) is 22.4 Å². The molecule has 22 heavy (non-hydrogen) atoms. The molecule has 2 aromatic carbocycles. The van der Waals surface area contributed by atoms with Crippen LogP contribution < -0.4 is 0 Å². The normalized spacial score (nSPS) is 10.7. The lowest BCUT2D eigenvalue weighted by atomic mass is 9.98. The van der Waals surface area contributed by atoms with Gasteiger partial charge >= 0.3 is 0 Å². The Morgan fingerprint density at radius 3 is 2.41 bits per heavy atom. The average molecular weight is 331 g/mol. The summed E-state index contributed by atoms with van der Waals surface area (Å²) < 4.78 is 1.45. The molecule has 0 amide bonds. The van der Waals surface area contributed by atoms with Crippen LogP contribution in [0.1, 0.15) is 11.7 Å². The molecule has 0 N–H and O–H groups in total. The molecule has 0 saturated carbocycles. The monoisotopic (exact) mass is 330 g/mol. The van der Waals surface area contributed by atoms with Crippen molar-refractivity contribution in [3.63, 3.8) is 0 Å². The van der Waals surface area contributed by atoms with E-state index >= 15 is 0 Å². The van der Waals surface area contributed by atoms with Gasteiger partial charge in [-0.05, 0) is 17.7 Å². The Kier molecular flexibility index (Phi) is 4.01. The first-order chi connectivity index (χ1) is 10.6. The number of aromatic nitrogens is 2. The average Bonchev–Trinajstić information content (AvgIpc) is 2.97. The van der Waals surface area contributed by atoms with E-state index in [-0.39, 0.29) is 5.91 Å². The SMILES string of the molecule is CC(=O)n1cnc(-c2ccccc2-c2ccc(Cl)cc2Cl)c1. The fourth-order valence-corrected chi connectivity index (χ4v) is 2.79. The number of rotatable bonds is 2. The van der Waals surface area contributed by atoms with Gasteiger partial charge in [-0.1, -0.05) is 53.5 Å². The summed E-state index contributed by atoms with van der Waals surface area (Å²) in [6.45, 7) is 1.49. The van der Waals surface area contributed by atoms with E-state index in [0.29, 0.717) is 10.0 Å². The van der Waals surface area contributed by atoms with Crippen molar-refractivity contribution >= 4 is 29.1 Å². The van der Waals surface area contributed by atoms with Crippen LogP contribution in [0.15, 0.2) is 55.0 Å². The van der Waals surface area contributed by atoms with Crippen LogP contribution in [0.2, 0.25) is 10.0 Å². The zero-order valence-electron chi connectivity index (χ0n) is 11.8. The van der Waals surface area contributed by atoms with E-state index < -0.39 is 0 Å². The van der Waals surface area contributed by atoms with Crippen molar-refractivity contribution in [3.8, 4) is 22.4 Å². The van der Waals surface area contributed by atoms with E-state index in [1.807, 2.05) is 30.3 Å². The summed E-state index contributed by atoms with van der Waals surface area (Å²) in [5.74, 6) is -0.0826. The molecule has 1 aromatic heterocycles. The minimum absolute atomic E-state index is 0.0826. The fourth-order valence-electron chi connectivity index (χ4n) is 2.28. The van der Waals surface area contributed by atoms with Crippen LogP contribution in [0.3, 0.4) is 0 Å².